The van der Waals surface area contributed by atoms with Crippen LogP contribution in [0.3, 0.4) is 0 Å². The smallest absolute Gasteiger partial charge is 0.344 e. The molecule has 0 bridgehead atoms. The van der Waals surface area contributed by atoms with Crippen LogP contribution in [-0.2, 0) is 13.5 Å². The van der Waals surface area contributed by atoms with Crippen LogP contribution in [0.1, 0.15) is 23.2 Å². The molecule has 0 spiro atoms. The van der Waals surface area contributed by atoms with Crippen molar-refractivity contribution in [1.29, 1.82) is 0 Å². The molecule has 122 valence electrons. The third-order valence-electron chi connectivity index (χ3n) is 4.46. The van der Waals surface area contributed by atoms with Gasteiger partial charge in [-0.15, -0.1) is 11.3 Å². The molecule has 24 heavy (non-hydrogen) atoms. The fourth-order valence-corrected chi connectivity index (χ4v) is 4.40. The minimum absolute atomic E-state index is 0.119. The molecule has 0 aliphatic carbocycles. The van der Waals surface area contributed by atoms with Gasteiger partial charge in [0.25, 0.3) is 5.82 Å². The van der Waals surface area contributed by atoms with Gasteiger partial charge in [-0.1, -0.05) is 41.9 Å². The summed E-state index contributed by atoms with van der Waals surface area (Å²) in [6.45, 7) is 0. The number of benzene rings is 1. The Labute approximate surface area is 147 Å². The molecule has 0 saturated heterocycles. The molecule has 0 unspecified atom stereocenters. The van der Waals surface area contributed by atoms with Crippen LogP contribution < -0.4 is 15.2 Å². The summed E-state index contributed by atoms with van der Waals surface area (Å²) < 4.78 is 3.78. The van der Waals surface area contributed by atoms with Crippen molar-refractivity contribution in [2.24, 2.45) is 7.05 Å². The van der Waals surface area contributed by atoms with E-state index in [-0.39, 0.29) is 23.0 Å². The molecule has 5 nitrogen and oxygen atoms in total. The molecule has 1 aliphatic rings. The maximum atomic E-state index is 13.1. The molecule has 2 aromatic heterocycles. The van der Waals surface area contributed by atoms with Gasteiger partial charge in [-0.3, -0.25) is 0 Å². The van der Waals surface area contributed by atoms with Crippen molar-refractivity contribution in [3.63, 3.8) is 0 Å². The van der Waals surface area contributed by atoms with Gasteiger partial charge < -0.3 is 5.11 Å². The van der Waals surface area contributed by atoms with Crippen LogP contribution in [-0.4, -0.2) is 9.55 Å². The Morgan fingerprint density at radius 2 is 2.12 bits per heavy atom. The highest BCUT2D eigenvalue weighted by Gasteiger charge is 2.36. The Balaban J connectivity index is 1.97. The first-order valence-electron chi connectivity index (χ1n) is 7.59. The largest absolute Gasteiger partial charge is 0.842 e. The zero-order chi connectivity index (χ0) is 16.8. The summed E-state index contributed by atoms with van der Waals surface area (Å²) in [5.41, 5.74) is 0.608. The van der Waals surface area contributed by atoms with Gasteiger partial charge in [-0.25, -0.2) is 14.3 Å². The highest BCUT2D eigenvalue weighted by Crippen LogP contribution is 2.33. The van der Waals surface area contributed by atoms with Crippen LogP contribution in [0.4, 0.5) is 0 Å². The van der Waals surface area contributed by atoms with E-state index >= 15 is 0 Å². The van der Waals surface area contributed by atoms with Crippen LogP contribution >= 0.6 is 22.9 Å². The summed E-state index contributed by atoms with van der Waals surface area (Å²) in [7, 11) is 1.72. The summed E-state index contributed by atoms with van der Waals surface area (Å²) >= 11 is 7.33. The Hall–Kier alpha value is -2.18. The van der Waals surface area contributed by atoms with E-state index in [1.165, 1.54) is 11.3 Å². The molecule has 0 saturated carbocycles. The normalized spacial score (nSPS) is 16.3. The SMILES string of the molecule is Cn1c2[n+](c([O-])c(-c3ccccc3)c1=O)[C@@H](c1cnc(Cl)s1)CC2. The second-order valence-corrected chi connectivity index (χ2v) is 7.41. The van der Waals surface area contributed by atoms with Crippen molar-refractivity contribution in [1.82, 2.24) is 9.55 Å². The first kappa shape index (κ1) is 15.4. The van der Waals surface area contributed by atoms with Crippen LogP contribution in [0.15, 0.2) is 41.3 Å². The average molecular weight is 360 g/mol. The topological polar surface area (TPSA) is 61.8 Å². The molecular formula is C17H14ClN3O2S. The van der Waals surface area contributed by atoms with Crippen molar-refractivity contribution < 1.29 is 9.67 Å². The number of halogens is 1. The lowest BCUT2D eigenvalue weighted by Gasteiger charge is -2.19. The third kappa shape index (κ3) is 2.25. The number of thiazole rings is 1. The predicted molar refractivity (Wildman–Crippen MR) is 90.3 cm³/mol. The number of aromatic nitrogens is 3. The highest BCUT2D eigenvalue weighted by atomic mass is 35.5. The lowest BCUT2D eigenvalue weighted by atomic mass is 10.1. The third-order valence-corrected chi connectivity index (χ3v) is 5.67. The van der Waals surface area contributed by atoms with Gasteiger partial charge in [-0.2, -0.15) is 4.57 Å². The van der Waals surface area contributed by atoms with E-state index in [1.54, 1.807) is 34.5 Å². The van der Waals surface area contributed by atoms with Gasteiger partial charge >= 0.3 is 5.56 Å². The highest BCUT2D eigenvalue weighted by molar-refractivity contribution is 7.15. The average Bonchev–Trinajstić information content (AvgIpc) is 3.20. The summed E-state index contributed by atoms with van der Waals surface area (Å²) in [5, 5.41) is 13.1. The Morgan fingerprint density at radius 3 is 2.79 bits per heavy atom. The molecule has 1 atom stereocenters. The maximum absolute atomic E-state index is 13.1. The van der Waals surface area contributed by atoms with E-state index < -0.39 is 0 Å². The van der Waals surface area contributed by atoms with Crippen LogP contribution in [0.2, 0.25) is 4.47 Å². The van der Waals surface area contributed by atoms with Gasteiger partial charge in [0.15, 0.2) is 4.47 Å². The van der Waals surface area contributed by atoms with Crippen molar-refractivity contribution in [3.8, 4) is 17.0 Å². The quantitative estimate of drug-likeness (QED) is 0.658. The summed E-state index contributed by atoms with van der Waals surface area (Å²) in [5.74, 6) is 0.505. The van der Waals surface area contributed by atoms with Crippen molar-refractivity contribution in [2.45, 2.75) is 18.9 Å². The summed E-state index contributed by atoms with van der Waals surface area (Å²) in [6, 6.07) is 8.98. The zero-order valence-corrected chi connectivity index (χ0v) is 14.5. The molecule has 3 aromatic rings. The van der Waals surface area contributed by atoms with Gasteiger partial charge in [0.1, 0.15) is 11.6 Å². The lowest BCUT2D eigenvalue weighted by Crippen LogP contribution is -2.47. The molecule has 4 rings (SSSR count). The number of hydrogen-bond acceptors (Lipinski definition) is 4. The van der Waals surface area contributed by atoms with Gasteiger partial charge in [0, 0.05) is 12.6 Å². The maximum Gasteiger partial charge on any atom is 0.344 e. The number of fused-ring (bicyclic) bond motifs is 1. The van der Waals surface area contributed by atoms with E-state index in [9.17, 15) is 9.90 Å². The molecule has 1 aromatic carbocycles. The van der Waals surface area contributed by atoms with E-state index in [0.29, 0.717) is 16.5 Å². The first-order chi connectivity index (χ1) is 11.6. The van der Waals surface area contributed by atoms with Crippen LogP contribution in [0.25, 0.3) is 11.1 Å². The van der Waals surface area contributed by atoms with Gasteiger partial charge in [-0.05, 0) is 5.56 Å². The standard InChI is InChI=1S/C17H14ClN3O2S/c1-20-13-8-7-11(12-9-19-17(18)24-12)21(13)16(23)14(15(20)22)10-5-3-2-4-6-10/h2-6,9,11H,7-8H2,1H3/t11-/m1/s1. The Bertz CT molecular complexity index is 981. The predicted octanol–water partition coefficient (Wildman–Crippen LogP) is 2.06. The second-order valence-electron chi connectivity index (χ2n) is 5.77. The minimum atomic E-state index is -0.250. The second kappa shape index (κ2) is 5.72. The minimum Gasteiger partial charge on any atom is -0.842 e. The summed E-state index contributed by atoms with van der Waals surface area (Å²) in [4.78, 5) is 17.7. The Morgan fingerprint density at radius 1 is 1.38 bits per heavy atom. The zero-order valence-electron chi connectivity index (χ0n) is 12.9. The van der Waals surface area contributed by atoms with Crippen LogP contribution in [0, 0.1) is 0 Å². The van der Waals surface area contributed by atoms with Crippen molar-refractivity contribution in [3.05, 3.63) is 62.1 Å². The van der Waals surface area contributed by atoms with E-state index in [1.807, 2.05) is 18.2 Å². The fraction of sp³-hybridized carbons (Fsp3) is 0.235. The first-order valence-corrected chi connectivity index (χ1v) is 8.78. The molecule has 0 fully saturated rings. The van der Waals surface area contributed by atoms with E-state index in [0.717, 1.165) is 17.1 Å². The molecule has 3 heterocycles. The number of hydrogen-bond donors (Lipinski definition) is 0. The van der Waals surface area contributed by atoms with Gasteiger partial charge in [0.2, 0.25) is 0 Å². The van der Waals surface area contributed by atoms with Crippen molar-refractivity contribution in [2.75, 3.05) is 0 Å². The van der Waals surface area contributed by atoms with Crippen molar-refractivity contribution >= 4 is 22.9 Å². The Kier molecular flexibility index (Phi) is 3.66. The molecule has 0 N–H and O–H groups in total. The lowest BCUT2D eigenvalue weighted by molar-refractivity contribution is -0.747. The number of rotatable bonds is 2. The molecule has 7 heteroatoms. The summed E-state index contributed by atoms with van der Waals surface area (Å²) in [6.07, 6.45) is 3.15. The number of nitrogens with zero attached hydrogens (tertiary/aromatic N) is 3. The molecular weight excluding hydrogens is 346 g/mol. The van der Waals surface area contributed by atoms with Crippen LogP contribution in [0.5, 0.6) is 5.88 Å². The van der Waals surface area contributed by atoms with Gasteiger partial charge in [0.05, 0.1) is 24.2 Å². The van der Waals surface area contributed by atoms with E-state index in [4.69, 9.17) is 11.6 Å². The monoisotopic (exact) mass is 359 g/mol. The molecule has 1 aliphatic heterocycles. The van der Waals surface area contributed by atoms with E-state index in [2.05, 4.69) is 4.98 Å². The fourth-order valence-electron chi connectivity index (χ4n) is 3.32. The molecule has 0 amide bonds. The molecule has 0 radical (unpaired) electrons.